The van der Waals surface area contributed by atoms with E-state index in [9.17, 15) is 4.79 Å². The van der Waals surface area contributed by atoms with Gasteiger partial charge in [0.2, 0.25) is 5.91 Å². The smallest absolute Gasteiger partial charge is 0.234 e. The second-order valence-corrected chi connectivity index (χ2v) is 6.74. The SMILES string of the molecule is Nc1cn(C(=O)C2Cc3ccc(Br)cc3C2)c2ccccc12. The predicted octanol–water partition coefficient (Wildman–Crippen LogP) is 4.04. The molecule has 4 heteroatoms. The Balaban J connectivity index is 1.71. The number of nitrogen functional groups attached to an aromatic ring is 1. The van der Waals surface area contributed by atoms with E-state index in [1.54, 1.807) is 10.8 Å². The highest BCUT2D eigenvalue weighted by Gasteiger charge is 2.29. The molecule has 0 amide bonds. The number of hydrogen-bond acceptors (Lipinski definition) is 2. The number of anilines is 1. The van der Waals surface area contributed by atoms with Gasteiger partial charge in [0.15, 0.2) is 0 Å². The van der Waals surface area contributed by atoms with Gasteiger partial charge in [-0.3, -0.25) is 9.36 Å². The third-order valence-corrected chi connectivity index (χ3v) is 4.92. The average Bonchev–Trinajstić information content (AvgIpc) is 3.08. The monoisotopic (exact) mass is 354 g/mol. The topological polar surface area (TPSA) is 48.0 Å². The molecule has 1 unspecified atom stereocenters. The van der Waals surface area contributed by atoms with Crippen molar-refractivity contribution in [2.24, 2.45) is 5.92 Å². The number of carbonyl (C=O) groups excluding carboxylic acids is 1. The van der Waals surface area contributed by atoms with Crippen LogP contribution in [0.3, 0.4) is 0 Å². The van der Waals surface area contributed by atoms with Crippen LogP contribution < -0.4 is 5.73 Å². The van der Waals surface area contributed by atoms with Gasteiger partial charge in [0.25, 0.3) is 0 Å². The molecule has 3 aromatic rings. The minimum absolute atomic E-state index is 0.0143. The maximum absolute atomic E-state index is 12.9. The third kappa shape index (κ3) is 2.06. The minimum atomic E-state index is -0.0143. The summed E-state index contributed by atoms with van der Waals surface area (Å²) >= 11 is 3.50. The molecule has 0 fully saturated rings. The van der Waals surface area contributed by atoms with Crippen LogP contribution in [0.1, 0.15) is 15.9 Å². The first-order chi connectivity index (χ1) is 10.6. The first kappa shape index (κ1) is 13.6. The first-order valence-corrected chi connectivity index (χ1v) is 8.10. The number of halogens is 1. The first-order valence-electron chi connectivity index (χ1n) is 7.30. The van der Waals surface area contributed by atoms with Gasteiger partial charge in [-0.1, -0.05) is 40.2 Å². The summed E-state index contributed by atoms with van der Waals surface area (Å²) in [6, 6.07) is 14.0. The van der Waals surface area contributed by atoms with Crippen molar-refractivity contribution < 1.29 is 4.79 Å². The molecule has 1 aliphatic carbocycles. The number of benzene rings is 2. The molecule has 2 aromatic carbocycles. The second-order valence-electron chi connectivity index (χ2n) is 5.83. The molecule has 4 rings (SSSR count). The van der Waals surface area contributed by atoms with Gasteiger partial charge < -0.3 is 5.73 Å². The molecule has 1 aromatic heterocycles. The predicted molar refractivity (Wildman–Crippen MR) is 92.0 cm³/mol. The lowest BCUT2D eigenvalue weighted by Crippen LogP contribution is -2.21. The maximum Gasteiger partial charge on any atom is 0.234 e. The van der Waals surface area contributed by atoms with Crippen LogP contribution in [0.5, 0.6) is 0 Å². The number of carbonyl (C=O) groups is 1. The van der Waals surface area contributed by atoms with Crippen LogP contribution in [0.15, 0.2) is 53.1 Å². The van der Waals surface area contributed by atoms with Crippen molar-refractivity contribution in [3.63, 3.8) is 0 Å². The van der Waals surface area contributed by atoms with Crippen molar-refractivity contribution in [2.45, 2.75) is 12.8 Å². The van der Waals surface area contributed by atoms with Gasteiger partial charge in [-0.2, -0.15) is 0 Å². The molecule has 0 saturated heterocycles. The molecule has 0 aliphatic heterocycles. The van der Waals surface area contributed by atoms with Crippen LogP contribution in [0.25, 0.3) is 10.9 Å². The molecule has 110 valence electrons. The van der Waals surface area contributed by atoms with Crippen molar-refractivity contribution in [1.82, 2.24) is 4.57 Å². The molecule has 2 N–H and O–H groups in total. The molecule has 0 radical (unpaired) electrons. The van der Waals surface area contributed by atoms with E-state index in [1.165, 1.54) is 11.1 Å². The molecule has 0 spiro atoms. The van der Waals surface area contributed by atoms with Gasteiger partial charge in [-0.15, -0.1) is 0 Å². The highest BCUT2D eigenvalue weighted by Crippen LogP contribution is 2.32. The van der Waals surface area contributed by atoms with Crippen molar-refractivity contribution in [3.05, 3.63) is 64.3 Å². The number of hydrogen-bond donors (Lipinski definition) is 1. The van der Waals surface area contributed by atoms with Gasteiger partial charge in [0.1, 0.15) is 0 Å². The molecule has 1 aliphatic rings. The molecule has 0 bridgehead atoms. The minimum Gasteiger partial charge on any atom is -0.397 e. The lowest BCUT2D eigenvalue weighted by atomic mass is 10.1. The lowest BCUT2D eigenvalue weighted by molar-refractivity contribution is 0.0845. The summed E-state index contributed by atoms with van der Waals surface area (Å²) in [5.41, 5.74) is 10.1. The fraction of sp³-hybridized carbons (Fsp3) is 0.167. The number of nitrogens with two attached hydrogens (primary N) is 1. The van der Waals surface area contributed by atoms with E-state index in [1.807, 2.05) is 30.3 Å². The number of rotatable bonds is 1. The van der Waals surface area contributed by atoms with Crippen LogP contribution in [-0.4, -0.2) is 10.5 Å². The Morgan fingerprint density at radius 2 is 1.91 bits per heavy atom. The molecule has 1 heterocycles. The standard InChI is InChI=1S/C18H15BrN2O/c19-14-6-5-11-7-13(8-12(11)9-14)18(22)21-10-16(20)15-3-1-2-4-17(15)21/h1-6,9-10,13H,7-8,20H2. The van der Waals surface area contributed by atoms with Gasteiger partial charge in [0.05, 0.1) is 11.2 Å². The summed E-state index contributed by atoms with van der Waals surface area (Å²) < 4.78 is 2.78. The largest absolute Gasteiger partial charge is 0.397 e. The normalized spacial score (nSPS) is 16.9. The summed E-state index contributed by atoms with van der Waals surface area (Å²) in [6.45, 7) is 0. The fourth-order valence-electron chi connectivity index (χ4n) is 3.35. The van der Waals surface area contributed by atoms with Crippen LogP contribution >= 0.6 is 15.9 Å². The summed E-state index contributed by atoms with van der Waals surface area (Å²) in [7, 11) is 0. The van der Waals surface area contributed by atoms with E-state index < -0.39 is 0 Å². The molecule has 1 atom stereocenters. The van der Waals surface area contributed by atoms with E-state index in [-0.39, 0.29) is 11.8 Å². The lowest BCUT2D eigenvalue weighted by Gasteiger charge is -2.10. The van der Waals surface area contributed by atoms with Crippen molar-refractivity contribution >= 4 is 38.4 Å². The number of fused-ring (bicyclic) bond motifs is 2. The van der Waals surface area contributed by atoms with Crippen LogP contribution in [0, 0.1) is 5.92 Å². The molecule has 0 saturated carbocycles. The fourth-order valence-corrected chi connectivity index (χ4v) is 3.75. The van der Waals surface area contributed by atoms with E-state index >= 15 is 0 Å². The van der Waals surface area contributed by atoms with Gasteiger partial charge in [0, 0.05) is 22.0 Å². The zero-order valence-electron chi connectivity index (χ0n) is 11.9. The van der Waals surface area contributed by atoms with E-state index in [4.69, 9.17) is 5.73 Å². The van der Waals surface area contributed by atoms with Crippen LogP contribution in [0.4, 0.5) is 5.69 Å². The number of aromatic nitrogens is 1. The van der Waals surface area contributed by atoms with Crippen molar-refractivity contribution in [1.29, 1.82) is 0 Å². The number of nitrogens with zero attached hydrogens (tertiary/aromatic N) is 1. The number of para-hydroxylation sites is 1. The summed E-state index contributed by atoms with van der Waals surface area (Å²) in [5, 5.41) is 0.939. The molecule has 22 heavy (non-hydrogen) atoms. The third-order valence-electron chi connectivity index (χ3n) is 4.43. The van der Waals surface area contributed by atoms with E-state index in [0.717, 1.165) is 28.2 Å². The zero-order valence-corrected chi connectivity index (χ0v) is 13.5. The highest BCUT2D eigenvalue weighted by molar-refractivity contribution is 9.10. The Kier molecular flexibility index (Phi) is 3.08. The van der Waals surface area contributed by atoms with Crippen molar-refractivity contribution in [2.75, 3.05) is 5.73 Å². The second kappa shape index (κ2) is 4.99. The zero-order chi connectivity index (χ0) is 15.3. The van der Waals surface area contributed by atoms with Gasteiger partial charge in [-0.25, -0.2) is 0 Å². The Hall–Kier alpha value is -2.07. The van der Waals surface area contributed by atoms with Gasteiger partial charge in [-0.05, 0) is 42.2 Å². The molecular weight excluding hydrogens is 340 g/mol. The maximum atomic E-state index is 12.9. The van der Waals surface area contributed by atoms with Crippen LogP contribution in [-0.2, 0) is 12.8 Å². The summed E-state index contributed by atoms with van der Waals surface area (Å²) in [4.78, 5) is 12.9. The van der Waals surface area contributed by atoms with E-state index in [2.05, 4.69) is 28.1 Å². The average molecular weight is 355 g/mol. The summed E-state index contributed by atoms with van der Waals surface area (Å²) in [5.74, 6) is 0.111. The van der Waals surface area contributed by atoms with Crippen LogP contribution in [0.2, 0.25) is 0 Å². The Labute approximate surface area is 136 Å². The Bertz CT molecular complexity index is 897. The Morgan fingerprint density at radius 3 is 2.77 bits per heavy atom. The van der Waals surface area contributed by atoms with Crippen molar-refractivity contribution in [3.8, 4) is 0 Å². The molecule has 3 nitrogen and oxygen atoms in total. The molecular formula is C18H15BrN2O. The Morgan fingerprint density at radius 1 is 1.14 bits per heavy atom. The summed E-state index contributed by atoms with van der Waals surface area (Å²) in [6.07, 6.45) is 3.35. The highest BCUT2D eigenvalue weighted by atomic mass is 79.9. The van der Waals surface area contributed by atoms with E-state index in [0.29, 0.717) is 5.69 Å². The quantitative estimate of drug-likeness (QED) is 0.716. The van der Waals surface area contributed by atoms with Gasteiger partial charge >= 0.3 is 0 Å².